The van der Waals surface area contributed by atoms with Gasteiger partial charge in [0, 0.05) is 12.8 Å². The number of hydrogen-bond acceptors (Lipinski definition) is 5. The molecule has 0 saturated carbocycles. The minimum atomic E-state index is -3.33. The van der Waals surface area contributed by atoms with Crippen LogP contribution in [-0.4, -0.2) is 39.8 Å². The Labute approximate surface area is 124 Å². The molecule has 1 atom stereocenters. The van der Waals surface area contributed by atoms with Crippen LogP contribution in [0.1, 0.15) is 12.5 Å². The quantitative estimate of drug-likeness (QED) is 0.685. The number of nitrogens with two attached hydrogens (primary N) is 1. The number of anilines is 2. The van der Waals surface area contributed by atoms with Crippen molar-refractivity contribution in [3.63, 3.8) is 0 Å². The Kier molecular flexibility index (Phi) is 6.13. The van der Waals surface area contributed by atoms with Gasteiger partial charge >= 0.3 is 0 Å². The van der Waals surface area contributed by atoms with Crippen LogP contribution in [0.25, 0.3) is 0 Å². The first-order valence-electron chi connectivity index (χ1n) is 6.45. The first-order chi connectivity index (χ1) is 9.79. The van der Waals surface area contributed by atoms with Gasteiger partial charge in [-0.15, -0.1) is 0 Å². The maximum Gasteiger partial charge on any atom is 0.243 e. The number of sulfonamides is 1. The molecule has 118 valence electrons. The highest BCUT2D eigenvalue weighted by atomic mass is 32.2. The molecular weight excluding hydrogens is 294 g/mol. The van der Waals surface area contributed by atoms with E-state index in [0.717, 1.165) is 0 Å². The van der Waals surface area contributed by atoms with Crippen LogP contribution in [0.5, 0.6) is 0 Å². The molecule has 1 rings (SSSR count). The summed E-state index contributed by atoms with van der Waals surface area (Å²) in [5.74, 6) is -0.366. The number of aryl methyl sites for hydroxylation is 1. The maximum atomic E-state index is 11.7. The summed E-state index contributed by atoms with van der Waals surface area (Å²) in [6.45, 7) is 3.43. The highest BCUT2D eigenvalue weighted by molar-refractivity contribution is 7.92. The van der Waals surface area contributed by atoms with E-state index in [-0.39, 0.29) is 18.3 Å². The van der Waals surface area contributed by atoms with Gasteiger partial charge in [0.05, 0.1) is 18.0 Å². The normalized spacial score (nSPS) is 12.8. The lowest BCUT2D eigenvalue weighted by Gasteiger charge is -2.14. The molecule has 0 fully saturated rings. The Bertz CT molecular complexity index is 601. The highest BCUT2D eigenvalue weighted by Gasteiger charge is 2.14. The summed E-state index contributed by atoms with van der Waals surface area (Å²) >= 11 is 0. The predicted octanol–water partition coefficient (Wildman–Crippen LogP) is 0.669. The van der Waals surface area contributed by atoms with Crippen LogP contribution in [0.4, 0.5) is 11.4 Å². The van der Waals surface area contributed by atoms with Gasteiger partial charge in [0.1, 0.15) is 6.04 Å². The van der Waals surface area contributed by atoms with E-state index in [4.69, 9.17) is 10.5 Å². The molecule has 0 aliphatic carbocycles. The first-order valence-corrected chi connectivity index (χ1v) is 8.10. The molecule has 1 unspecified atom stereocenters. The van der Waals surface area contributed by atoms with Gasteiger partial charge in [0.25, 0.3) is 0 Å². The summed E-state index contributed by atoms with van der Waals surface area (Å²) in [6, 6.07) is 4.12. The molecule has 0 bridgehead atoms. The van der Waals surface area contributed by atoms with E-state index in [9.17, 15) is 13.2 Å². The lowest BCUT2D eigenvalue weighted by atomic mass is 10.2. The Morgan fingerprint density at radius 3 is 2.62 bits per heavy atom. The molecule has 0 aliphatic rings. The summed E-state index contributed by atoms with van der Waals surface area (Å²) in [7, 11) is -1.86. The van der Waals surface area contributed by atoms with Crippen LogP contribution < -0.4 is 15.8 Å². The molecule has 7 nitrogen and oxygen atoms in total. The summed E-state index contributed by atoms with van der Waals surface area (Å²) in [5, 5.41) is 2.65. The van der Waals surface area contributed by atoms with Gasteiger partial charge in [-0.25, -0.2) is 8.42 Å². The lowest BCUT2D eigenvalue weighted by Crippen LogP contribution is -2.39. The maximum absolute atomic E-state index is 11.7. The number of methoxy groups -OCH3 is 1. The van der Waals surface area contributed by atoms with Gasteiger partial charge in [-0.3, -0.25) is 9.52 Å². The van der Waals surface area contributed by atoms with Gasteiger partial charge in [0.2, 0.25) is 15.9 Å². The van der Waals surface area contributed by atoms with Crippen molar-refractivity contribution in [3.05, 3.63) is 23.8 Å². The Hall–Kier alpha value is -1.64. The minimum Gasteiger partial charge on any atom is -0.383 e. The molecule has 21 heavy (non-hydrogen) atoms. The Balaban J connectivity index is 2.81. The van der Waals surface area contributed by atoms with Crippen molar-refractivity contribution in [3.8, 4) is 0 Å². The summed E-state index contributed by atoms with van der Waals surface area (Å²) in [5.41, 5.74) is 7.34. The standard InChI is InChI=1S/C13H21N3O4S/c1-4-21(18,19)16-12-6-5-10(7-9(12)2)15-13(17)11(14)8-20-3/h5-7,11,16H,4,8,14H2,1-3H3,(H,15,17). The number of benzene rings is 1. The van der Waals surface area contributed by atoms with E-state index in [1.54, 1.807) is 32.0 Å². The van der Waals surface area contributed by atoms with Crippen molar-refractivity contribution >= 4 is 27.3 Å². The van der Waals surface area contributed by atoms with Crippen LogP contribution in [0, 0.1) is 6.92 Å². The van der Waals surface area contributed by atoms with Gasteiger partial charge in [-0.05, 0) is 37.6 Å². The molecule has 0 spiro atoms. The molecular formula is C13H21N3O4S. The van der Waals surface area contributed by atoms with Crippen LogP contribution in [0.3, 0.4) is 0 Å². The molecule has 0 heterocycles. The fraction of sp³-hybridized carbons (Fsp3) is 0.462. The largest absolute Gasteiger partial charge is 0.383 e. The van der Waals surface area contributed by atoms with Gasteiger partial charge < -0.3 is 15.8 Å². The summed E-state index contributed by atoms with van der Waals surface area (Å²) in [6.07, 6.45) is 0. The second-order valence-electron chi connectivity index (χ2n) is 4.59. The van der Waals surface area contributed by atoms with E-state index >= 15 is 0 Å². The minimum absolute atomic E-state index is 0.00318. The number of hydrogen-bond donors (Lipinski definition) is 3. The Morgan fingerprint density at radius 1 is 1.43 bits per heavy atom. The number of amides is 1. The second kappa shape index (κ2) is 7.39. The number of ether oxygens (including phenoxy) is 1. The molecule has 1 amide bonds. The predicted molar refractivity (Wildman–Crippen MR) is 82.7 cm³/mol. The average Bonchev–Trinajstić information content (AvgIpc) is 2.42. The first kappa shape index (κ1) is 17.4. The van der Waals surface area contributed by atoms with Crippen molar-refractivity contribution in [1.82, 2.24) is 0 Å². The molecule has 1 aromatic rings. The number of carbonyl (C=O) groups excluding carboxylic acids is 1. The van der Waals surface area contributed by atoms with E-state index < -0.39 is 16.1 Å². The number of carbonyl (C=O) groups is 1. The van der Waals surface area contributed by atoms with Crippen molar-refractivity contribution < 1.29 is 17.9 Å². The van der Waals surface area contributed by atoms with Crippen LogP contribution >= 0.6 is 0 Å². The van der Waals surface area contributed by atoms with E-state index in [1.807, 2.05) is 0 Å². The topological polar surface area (TPSA) is 111 Å². The van der Waals surface area contributed by atoms with Gasteiger partial charge in [-0.2, -0.15) is 0 Å². The molecule has 8 heteroatoms. The van der Waals surface area contributed by atoms with Crippen molar-refractivity contribution in [2.24, 2.45) is 5.73 Å². The smallest absolute Gasteiger partial charge is 0.243 e. The van der Waals surface area contributed by atoms with Crippen LogP contribution in [-0.2, 0) is 19.6 Å². The molecule has 0 radical (unpaired) electrons. The van der Waals surface area contributed by atoms with Crippen molar-refractivity contribution in [2.75, 3.05) is 29.5 Å². The molecule has 1 aromatic carbocycles. The van der Waals surface area contributed by atoms with Crippen LogP contribution in [0.2, 0.25) is 0 Å². The van der Waals surface area contributed by atoms with Gasteiger partial charge in [-0.1, -0.05) is 0 Å². The summed E-state index contributed by atoms with van der Waals surface area (Å²) in [4.78, 5) is 11.7. The molecule has 0 aromatic heterocycles. The third-order valence-electron chi connectivity index (χ3n) is 2.82. The fourth-order valence-corrected chi connectivity index (χ4v) is 2.29. The third kappa shape index (κ3) is 5.33. The highest BCUT2D eigenvalue weighted by Crippen LogP contribution is 2.21. The van der Waals surface area contributed by atoms with Crippen LogP contribution in [0.15, 0.2) is 18.2 Å². The SMILES string of the molecule is CCS(=O)(=O)Nc1ccc(NC(=O)C(N)COC)cc1C. The van der Waals surface area contributed by atoms with Crippen molar-refractivity contribution in [2.45, 2.75) is 19.9 Å². The zero-order valence-electron chi connectivity index (χ0n) is 12.3. The molecule has 0 saturated heterocycles. The molecule has 0 aliphatic heterocycles. The Morgan fingerprint density at radius 2 is 2.10 bits per heavy atom. The van der Waals surface area contributed by atoms with Gasteiger partial charge in [0.15, 0.2) is 0 Å². The lowest BCUT2D eigenvalue weighted by molar-refractivity contribution is -0.118. The average molecular weight is 315 g/mol. The van der Waals surface area contributed by atoms with Crippen molar-refractivity contribution in [1.29, 1.82) is 0 Å². The monoisotopic (exact) mass is 315 g/mol. The molecule has 4 N–H and O–H groups in total. The zero-order valence-corrected chi connectivity index (χ0v) is 13.2. The summed E-state index contributed by atoms with van der Waals surface area (Å²) < 4.78 is 30.4. The van der Waals surface area contributed by atoms with E-state index in [2.05, 4.69) is 10.0 Å². The zero-order chi connectivity index (χ0) is 16.0. The number of rotatable bonds is 7. The second-order valence-corrected chi connectivity index (χ2v) is 6.60. The van der Waals surface area contributed by atoms with E-state index in [1.165, 1.54) is 7.11 Å². The number of nitrogens with one attached hydrogen (secondary N) is 2. The fourth-order valence-electron chi connectivity index (χ4n) is 1.59. The van der Waals surface area contributed by atoms with E-state index in [0.29, 0.717) is 16.9 Å². The third-order valence-corrected chi connectivity index (χ3v) is 4.11.